The minimum atomic E-state index is 0.907. The first-order valence-corrected chi connectivity index (χ1v) is 15.0. The van der Waals surface area contributed by atoms with E-state index in [4.69, 9.17) is 0 Å². The van der Waals surface area contributed by atoms with E-state index in [1.54, 1.807) is 0 Å². The van der Waals surface area contributed by atoms with E-state index in [9.17, 15) is 0 Å². The third-order valence-corrected chi connectivity index (χ3v) is 8.52. The van der Waals surface area contributed by atoms with Crippen LogP contribution < -0.4 is 10.4 Å². The van der Waals surface area contributed by atoms with Crippen LogP contribution in [0.15, 0.2) is 129 Å². The van der Waals surface area contributed by atoms with E-state index in [0.29, 0.717) is 0 Å². The van der Waals surface area contributed by atoms with Gasteiger partial charge in [-0.3, -0.25) is 0 Å². The molecule has 6 rings (SSSR count). The van der Waals surface area contributed by atoms with Crippen LogP contribution in [-0.2, 0) is 0 Å². The standard InChI is InChI=1S/C44H36/c1-7-15-33-27-34(24-22-29(33)4)35-25-23-30(5)36(28-35)26-31(6)43-37(8-2)38(9-3)44(42-20-13-12-19-41(42)43)40-21-14-17-32-16-10-11-18-39(32)40/h7-28H,2-3,5-6H2,1,4H3. The summed E-state index contributed by atoms with van der Waals surface area (Å²) in [5, 5.41) is 6.71. The van der Waals surface area contributed by atoms with Gasteiger partial charge in [0, 0.05) is 0 Å². The van der Waals surface area contributed by atoms with E-state index in [-0.39, 0.29) is 0 Å². The van der Waals surface area contributed by atoms with Gasteiger partial charge in [-0.15, -0.1) is 0 Å². The van der Waals surface area contributed by atoms with Gasteiger partial charge in [-0.25, -0.2) is 0 Å². The van der Waals surface area contributed by atoms with Gasteiger partial charge in [0.15, 0.2) is 0 Å². The van der Waals surface area contributed by atoms with Gasteiger partial charge in [-0.05, 0) is 120 Å². The molecule has 0 aromatic heterocycles. The maximum absolute atomic E-state index is 4.63. The van der Waals surface area contributed by atoms with Crippen molar-refractivity contribution in [3.05, 3.63) is 167 Å². The Hall–Kier alpha value is -5.46. The second-order valence-electron chi connectivity index (χ2n) is 11.2. The Morgan fingerprint density at radius 3 is 2.09 bits per heavy atom. The van der Waals surface area contributed by atoms with Gasteiger partial charge < -0.3 is 0 Å². The Balaban J connectivity index is 1.58. The lowest BCUT2D eigenvalue weighted by atomic mass is 9.82. The third kappa shape index (κ3) is 5.06. The summed E-state index contributed by atoms with van der Waals surface area (Å²) < 4.78 is 0. The number of aryl methyl sites for hydroxylation is 1. The fourth-order valence-corrected chi connectivity index (χ4v) is 6.33. The van der Waals surface area contributed by atoms with Crippen LogP contribution in [0.25, 0.3) is 80.3 Å². The normalized spacial score (nSPS) is 11.8. The highest BCUT2D eigenvalue weighted by molar-refractivity contribution is 6.15. The molecule has 0 atom stereocenters. The van der Waals surface area contributed by atoms with Crippen LogP contribution in [0, 0.1) is 6.92 Å². The Labute approximate surface area is 260 Å². The number of fused-ring (bicyclic) bond motifs is 2. The topological polar surface area (TPSA) is 0 Å². The van der Waals surface area contributed by atoms with Crippen molar-refractivity contribution in [1.82, 2.24) is 0 Å². The summed E-state index contributed by atoms with van der Waals surface area (Å²) in [6, 6.07) is 36.7. The average molecular weight is 565 g/mol. The van der Waals surface area contributed by atoms with Crippen molar-refractivity contribution in [2.45, 2.75) is 13.8 Å². The van der Waals surface area contributed by atoms with Crippen molar-refractivity contribution in [2.24, 2.45) is 0 Å². The van der Waals surface area contributed by atoms with E-state index in [2.05, 4.69) is 162 Å². The third-order valence-electron chi connectivity index (χ3n) is 8.52. The van der Waals surface area contributed by atoms with Crippen molar-refractivity contribution in [2.75, 3.05) is 0 Å². The molecule has 0 unspecified atom stereocenters. The Bertz CT molecular complexity index is 2250. The molecule has 0 radical (unpaired) electrons. The van der Waals surface area contributed by atoms with Crippen molar-refractivity contribution < 1.29 is 0 Å². The summed E-state index contributed by atoms with van der Waals surface area (Å²) in [4.78, 5) is 0. The smallest absolute Gasteiger partial charge is 0.00204 e. The van der Waals surface area contributed by atoms with Crippen LogP contribution in [0.4, 0.5) is 0 Å². The van der Waals surface area contributed by atoms with Gasteiger partial charge in [0.25, 0.3) is 0 Å². The molecule has 44 heavy (non-hydrogen) atoms. The molecular formula is C44H36. The molecule has 0 aliphatic rings. The summed E-state index contributed by atoms with van der Waals surface area (Å²) in [5.41, 5.74) is 11.2. The summed E-state index contributed by atoms with van der Waals surface area (Å²) in [6.07, 6.45) is 10.3. The van der Waals surface area contributed by atoms with Crippen LogP contribution >= 0.6 is 0 Å². The van der Waals surface area contributed by atoms with Crippen molar-refractivity contribution >= 4 is 58.0 Å². The predicted octanol–water partition coefficient (Wildman–Crippen LogP) is 10.9. The minimum Gasteiger partial charge on any atom is -0.0984 e. The Morgan fingerprint density at radius 1 is 0.682 bits per heavy atom. The Kier molecular flexibility index (Phi) is 7.84. The zero-order chi connectivity index (χ0) is 30.8. The van der Waals surface area contributed by atoms with E-state index in [1.807, 2.05) is 12.2 Å². The van der Waals surface area contributed by atoms with E-state index in [1.165, 1.54) is 33.0 Å². The quantitative estimate of drug-likeness (QED) is 0.181. The van der Waals surface area contributed by atoms with Crippen molar-refractivity contribution in [3.63, 3.8) is 0 Å². The fraction of sp³-hybridized carbons (Fsp3) is 0.0455. The molecule has 0 fully saturated rings. The first-order valence-electron chi connectivity index (χ1n) is 15.0. The summed E-state index contributed by atoms with van der Waals surface area (Å²) in [5.74, 6) is 0. The molecule has 0 heterocycles. The lowest BCUT2D eigenvalue weighted by molar-refractivity contribution is 1.43. The van der Waals surface area contributed by atoms with Crippen LogP contribution in [0.2, 0.25) is 0 Å². The van der Waals surface area contributed by atoms with Crippen LogP contribution in [0.1, 0.15) is 34.7 Å². The van der Waals surface area contributed by atoms with Gasteiger partial charge in [0.05, 0.1) is 0 Å². The van der Waals surface area contributed by atoms with E-state index in [0.717, 1.165) is 54.6 Å². The van der Waals surface area contributed by atoms with Gasteiger partial charge in [0.1, 0.15) is 0 Å². The van der Waals surface area contributed by atoms with E-state index < -0.39 is 0 Å². The van der Waals surface area contributed by atoms with Crippen LogP contribution in [0.5, 0.6) is 0 Å². The first kappa shape index (κ1) is 28.6. The van der Waals surface area contributed by atoms with Gasteiger partial charge >= 0.3 is 0 Å². The van der Waals surface area contributed by atoms with Crippen molar-refractivity contribution in [3.8, 4) is 22.3 Å². The Morgan fingerprint density at radius 2 is 1.34 bits per heavy atom. The molecular weight excluding hydrogens is 528 g/mol. The molecule has 0 bridgehead atoms. The molecule has 0 aliphatic heterocycles. The maximum atomic E-state index is 4.63. The highest BCUT2D eigenvalue weighted by Crippen LogP contribution is 2.43. The summed E-state index contributed by atoms with van der Waals surface area (Å²) in [6.45, 7) is 21.7. The number of hydrogen-bond donors (Lipinski definition) is 0. The summed E-state index contributed by atoms with van der Waals surface area (Å²) in [7, 11) is 0. The number of benzene rings is 6. The number of rotatable bonds is 7. The second kappa shape index (κ2) is 12.0. The highest BCUT2D eigenvalue weighted by atomic mass is 14.2. The molecule has 0 nitrogen and oxygen atoms in total. The lowest BCUT2D eigenvalue weighted by Crippen LogP contribution is -2.22. The molecule has 0 aliphatic carbocycles. The average Bonchev–Trinajstić information content (AvgIpc) is 3.05. The molecule has 0 heteroatoms. The van der Waals surface area contributed by atoms with Crippen molar-refractivity contribution in [1.29, 1.82) is 0 Å². The summed E-state index contributed by atoms with van der Waals surface area (Å²) >= 11 is 0. The van der Waals surface area contributed by atoms with E-state index >= 15 is 0 Å². The lowest BCUT2D eigenvalue weighted by Gasteiger charge is -2.21. The molecule has 0 saturated heterocycles. The zero-order valence-corrected chi connectivity index (χ0v) is 25.5. The number of hydrogen-bond acceptors (Lipinski definition) is 0. The van der Waals surface area contributed by atoms with Gasteiger partial charge in [-0.2, -0.15) is 0 Å². The molecule has 6 aromatic carbocycles. The molecule has 0 N–H and O–H groups in total. The number of allylic oxidation sites excluding steroid dienone is 2. The largest absolute Gasteiger partial charge is 0.0984 e. The molecule has 0 amide bonds. The SMILES string of the molecule is C=Cc1c(C=C)c(-c2cccc3ccccc23)c2ccccc2c1C(=C)C=c1cc(-c2ccc(C)c(C=CC)c2)ccc1=C. The minimum absolute atomic E-state index is 0.907. The molecule has 212 valence electrons. The second-order valence-corrected chi connectivity index (χ2v) is 11.2. The van der Waals surface area contributed by atoms with Gasteiger partial charge in [0.2, 0.25) is 0 Å². The zero-order valence-electron chi connectivity index (χ0n) is 25.5. The van der Waals surface area contributed by atoms with Crippen LogP contribution in [-0.4, -0.2) is 0 Å². The predicted molar refractivity (Wildman–Crippen MR) is 197 cm³/mol. The highest BCUT2D eigenvalue weighted by Gasteiger charge is 2.19. The molecule has 0 saturated carbocycles. The first-order chi connectivity index (χ1) is 21.4. The monoisotopic (exact) mass is 564 g/mol. The van der Waals surface area contributed by atoms with Gasteiger partial charge in [-0.1, -0.05) is 142 Å². The van der Waals surface area contributed by atoms with Crippen LogP contribution in [0.3, 0.4) is 0 Å². The fourth-order valence-electron chi connectivity index (χ4n) is 6.33. The molecule has 0 spiro atoms. The maximum Gasteiger partial charge on any atom is -0.00204 e. The molecule has 6 aromatic rings.